The molecule has 0 saturated heterocycles. The highest BCUT2D eigenvalue weighted by Gasteiger charge is 2.11. The zero-order chi connectivity index (χ0) is 22.5. The molecule has 1 unspecified atom stereocenters. The van der Waals surface area contributed by atoms with Crippen molar-refractivity contribution in [2.75, 3.05) is 13.2 Å². The number of phenols is 1. The quantitative estimate of drug-likeness (QED) is 0.356. The molecule has 0 bridgehead atoms. The number of phenolic OH excluding ortho intramolecular Hbond substituents is 1. The van der Waals surface area contributed by atoms with Crippen molar-refractivity contribution in [2.45, 2.75) is 46.0 Å². The summed E-state index contributed by atoms with van der Waals surface area (Å²) in [6, 6.07) is 14.7. The number of aromatic hydroxyl groups is 1. The summed E-state index contributed by atoms with van der Waals surface area (Å²) >= 11 is 0. The largest absolute Gasteiger partial charge is 0.507 e. The standard InChI is InChI=1S/C26H32O5/c1-3-30-25(28)12-8-5-9-20(13-16-22-10-6-7-11-24(22)27)19-21-14-17-23(18-15-21)26(29)31-4-2/h6-7,10-11,13-18,20,27H,3-5,8-9,12,19H2,1-2H3/b16-13+. The van der Waals surface area contributed by atoms with E-state index in [0.29, 0.717) is 25.2 Å². The lowest BCUT2D eigenvalue weighted by Crippen LogP contribution is -2.06. The van der Waals surface area contributed by atoms with Crippen molar-refractivity contribution in [1.29, 1.82) is 0 Å². The smallest absolute Gasteiger partial charge is 0.338 e. The van der Waals surface area contributed by atoms with E-state index in [0.717, 1.165) is 36.8 Å². The van der Waals surface area contributed by atoms with E-state index in [1.165, 1.54) is 0 Å². The number of para-hydroxylation sites is 1. The van der Waals surface area contributed by atoms with Crippen LogP contribution in [0.1, 0.15) is 61.0 Å². The fraction of sp³-hybridized carbons (Fsp3) is 0.385. The Hall–Kier alpha value is -3.08. The van der Waals surface area contributed by atoms with E-state index in [1.807, 2.05) is 37.3 Å². The van der Waals surface area contributed by atoms with Crippen LogP contribution >= 0.6 is 0 Å². The average Bonchev–Trinajstić information content (AvgIpc) is 2.76. The summed E-state index contributed by atoms with van der Waals surface area (Å²) in [5.41, 5.74) is 2.43. The van der Waals surface area contributed by atoms with E-state index in [-0.39, 0.29) is 23.6 Å². The van der Waals surface area contributed by atoms with Crippen LogP contribution in [0.25, 0.3) is 6.08 Å². The van der Waals surface area contributed by atoms with Gasteiger partial charge >= 0.3 is 11.9 Å². The Bertz CT molecular complexity index is 854. The van der Waals surface area contributed by atoms with E-state index in [9.17, 15) is 14.7 Å². The summed E-state index contributed by atoms with van der Waals surface area (Å²) in [5, 5.41) is 10.0. The topological polar surface area (TPSA) is 72.8 Å². The number of ether oxygens (including phenoxy) is 2. The molecule has 1 atom stereocenters. The molecule has 0 amide bonds. The van der Waals surface area contributed by atoms with Crippen LogP contribution in [0.3, 0.4) is 0 Å². The monoisotopic (exact) mass is 424 g/mol. The van der Waals surface area contributed by atoms with Gasteiger partial charge in [0.15, 0.2) is 0 Å². The molecule has 166 valence electrons. The van der Waals surface area contributed by atoms with Crippen LogP contribution < -0.4 is 0 Å². The lowest BCUT2D eigenvalue weighted by Gasteiger charge is -2.14. The number of carbonyl (C=O) groups is 2. The number of hydrogen-bond acceptors (Lipinski definition) is 5. The van der Waals surface area contributed by atoms with Gasteiger partial charge in [-0.15, -0.1) is 0 Å². The van der Waals surface area contributed by atoms with Gasteiger partial charge in [0, 0.05) is 12.0 Å². The third-order valence-corrected chi connectivity index (χ3v) is 4.96. The minimum atomic E-state index is -0.316. The van der Waals surface area contributed by atoms with Gasteiger partial charge in [-0.1, -0.05) is 48.9 Å². The lowest BCUT2D eigenvalue weighted by atomic mass is 9.92. The second kappa shape index (κ2) is 13.3. The molecule has 0 aliphatic rings. The number of hydrogen-bond donors (Lipinski definition) is 1. The highest BCUT2D eigenvalue weighted by molar-refractivity contribution is 5.89. The Morgan fingerprint density at radius 2 is 1.68 bits per heavy atom. The molecule has 5 heteroatoms. The van der Waals surface area contributed by atoms with Gasteiger partial charge in [0.2, 0.25) is 0 Å². The molecule has 0 saturated carbocycles. The van der Waals surface area contributed by atoms with Gasteiger partial charge in [-0.3, -0.25) is 4.79 Å². The first kappa shape index (κ1) is 24.2. The summed E-state index contributed by atoms with van der Waals surface area (Å²) in [6.45, 7) is 4.36. The van der Waals surface area contributed by atoms with E-state index >= 15 is 0 Å². The minimum Gasteiger partial charge on any atom is -0.507 e. The number of rotatable bonds is 12. The van der Waals surface area contributed by atoms with Gasteiger partial charge in [-0.05, 0) is 62.8 Å². The van der Waals surface area contributed by atoms with Crippen molar-refractivity contribution in [1.82, 2.24) is 0 Å². The van der Waals surface area contributed by atoms with Crippen LogP contribution in [-0.2, 0) is 20.7 Å². The summed E-state index contributed by atoms with van der Waals surface area (Å²) < 4.78 is 10.0. The highest BCUT2D eigenvalue weighted by Crippen LogP contribution is 2.22. The normalized spacial score (nSPS) is 11.9. The Morgan fingerprint density at radius 3 is 2.35 bits per heavy atom. The number of allylic oxidation sites excluding steroid dienone is 1. The molecule has 2 aromatic rings. The fourth-order valence-corrected chi connectivity index (χ4v) is 3.34. The maximum atomic E-state index is 11.9. The number of unbranched alkanes of at least 4 members (excludes halogenated alkanes) is 1. The second-order valence-electron chi connectivity index (χ2n) is 7.35. The van der Waals surface area contributed by atoms with Crippen molar-refractivity contribution in [3.8, 4) is 5.75 Å². The van der Waals surface area contributed by atoms with Crippen LogP contribution in [0, 0.1) is 5.92 Å². The van der Waals surface area contributed by atoms with Crippen molar-refractivity contribution < 1.29 is 24.2 Å². The average molecular weight is 425 g/mol. The third-order valence-electron chi connectivity index (χ3n) is 4.96. The first-order valence-electron chi connectivity index (χ1n) is 10.9. The van der Waals surface area contributed by atoms with E-state index < -0.39 is 0 Å². The van der Waals surface area contributed by atoms with Crippen molar-refractivity contribution in [3.63, 3.8) is 0 Å². The molecular weight excluding hydrogens is 392 g/mol. The molecule has 2 aromatic carbocycles. The van der Waals surface area contributed by atoms with Crippen molar-refractivity contribution in [3.05, 3.63) is 71.3 Å². The number of benzene rings is 2. The predicted octanol–water partition coefficient (Wildman–Crippen LogP) is 5.56. The Balaban J connectivity index is 2.03. The van der Waals surface area contributed by atoms with Gasteiger partial charge in [-0.25, -0.2) is 4.79 Å². The molecule has 5 nitrogen and oxygen atoms in total. The van der Waals surface area contributed by atoms with Crippen LogP contribution in [-0.4, -0.2) is 30.3 Å². The zero-order valence-electron chi connectivity index (χ0n) is 18.4. The predicted molar refractivity (Wildman–Crippen MR) is 122 cm³/mol. The summed E-state index contributed by atoms with van der Waals surface area (Å²) in [5.74, 6) is 0.0104. The maximum absolute atomic E-state index is 11.9. The summed E-state index contributed by atoms with van der Waals surface area (Å²) in [4.78, 5) is 23.4. The zero-order valence-corrected chi connectivity index (χ0v) is 18.4. The molecule has 1 N–H and O–H groups in total. The van der Waals surface area contributed by atoms with Crippen LogP contribution in [0.15, 0.2) is 54.6 Å². The molecule has 0 fully saturated rings. The Labute approximate surface area is 184 Å². The number of carbonyl (C=O) groups excluding carboxylic acids is 2. The first-order chi connectivity index (χ1) is 15.0. The van der Waals surface area contributed by atoms with Crippen LogP contribution in [0.4, 0.5) is 0 Å². The molecule has 0 radical (unpaired) electrons. The van der Waals surface area contributed by atoms with Gasteiger partial charge in [0.25, 0.3) is 0 Å². The minimum absolute atomic E-state index is 0.154. The Kier molecular flexibility index (Phi) is 10.4. The van der Waals surface area contributed by atoms with Crippen LogP contribution in [0.2, 0.25) is 0 Å². The Morgan fingerprint density at radius 1 is 0.968 bits per heavy atom. The molecule has 0 aliphatic heterocycles. The number of esters is 2. The van der Waals surface area contributed by atoms with Gasteiger partial charge in [0.05, 0.1) is 18.8 Å². The molecule has 2 rings (SSSR count). The van der Waals surface area contributed by atoms with Crippen LogP contribution in [0.5, 0.6) is 5.75 Å². The second-order valence-corrected chi connectivity index (χ2v) is 7.35. The van der Waals surface area contributed by atoms with Crippen molar-refractivity contribution in [2.24, 2.45) is 5.92 Å². The molecule has 0 aromatic heterocycles. The third kappa shape index (κ3) is 8.67. The van der Waals surface area contributed by atoms with Gasteiger partial charge in [-0.2, -0.15) is 0 Å². The van der Waals surface area contributed by atoms with Gasteiger partial charge in [0.1, 0.15) is 5.75 Å². The molecule has 0 spiro atoms. The van der Waals surface area contributed by atoms with E-state index in [2.05, 4.69) is 6.08 Å². The molecule has 31 heavy (non-hydrogen) atoms. The molecular formula is C26H32O5. The van der Waals surface area contributed by atoms with E-state index in [1.54, 1.807) is 31.2 Å². The van der Waals surface area contributed by atoms with Crippen molar-refractivity contribution >= 4 is 18.0 Å². The molecule has 0 heterocycles. The SMILES string of the molecule is CCOC(=O)CCCCC(/C=C/c1ccccc1O)Cc1ccc(C(=O)OCC)cc1. The fourth-order valence-electron chi connectivity index (χ4n) is 3.34. The van der Waals surface area contributed by atoms with E-state index in [4.69, 9.17) is 9.47 Å². The van der Waals surface area contributed by atoms with Gasteiger partial charge < -0.3 is 14.6 Å². The lowest BCUT2D eigenvalue weighted by molar-refractivity contribution is -0.143. The summed E-state index contributed by atoms with van der Waals surface area (Å²) in [7, 11) is 0. The summed E-state index contributed by atoms with van der Waals surface area (Å²) in [6.07, 6.45) is 7.86. The maximum Gasteiger partial charge on any atom is 0.338 e. The highest BCUT2D eigenvalue weighted by atomic mass is 16.5. The molecule has 0 aliphatic carbocycles. The first-order valence-corrected chi connectivity index (χ1v) is 10.9.